The molecular weight excluding hydrogens is 424 g/mol. The third-order valence-corrected chi connectivity index (χ3v) is 5.55. The molecule has 2 aliphatic heterocycles. The number of benzene rings is 2. The molecule has 0 saturated carbocycles. The predicted octanol–water partition coefficient (Wildman–Crippen LogP) is 4.81. The van der Waals surface area contributed by atoms with Gasteiger partial charge in [0.1, 0.15) is 24.4 Å². The van der Waals surface area contributed by atoms with Crippen molar-refractivity contribution in [1.29, 1.82) is 0 Å². The standard InChI is InChI=1S/C18H16Br2O3/c19-13-7-3-1-5-11(13)17(15-9-21-15)23-18(16-10-22-16)12-6-2-4-8-14(12)20/h1-8,15-18H,9-10H2. The highest BCUT2D eigenvalue weighted by atomic mass is 79.9. The number of epoxide rings is 2. The summed E-state index contributed by atoms with van der Waals surface area (Å²) in [5, 5.41) is 0. The Morgan fingerprint density at radius 2 is 1.17 bits per heavy atom. The molecular formula is C18H16Br2O3. The van der Waals surface area contributed by atoms with E-state index in [1.165, 1.54) is 0 Å². The van der Waals surface area contributed by atoms with Gasteiger partial charge in [0, 0.05) is 8.95 Å². The van der Waals surface area contributed by atoms with Crippen LogP contribution in [0.3, 0.4) is 0 Å². The minimum Gasteiger partial charge on any atom is -0.370 e. The molecule has 4 rings (SSSR count). The van der Waals surface area contributed by atoms with E-state index in [-0.39, 0.29) is 24.4 Å². The lowest BCUT2D eigenvalue weighted by Gasteiger charge is -2.25. The van der Waals surface area contributed by atoms with Crippen LogP contribution in [0.2, 0.25) is 0 Å². The fraction of sp³-hybridized carbons (Fsp3) is 0.333. The van der Waals surface area contributed by atoms with Gasteiger partial charge in [0.2, 0.25) is 0 Å². The summed E-state index contributed by atoms with van der Waals surface area (Å²) >= 11 is 7.26. The molecule has 0 N–H and O–H groups in total. The average Bonchev–Trinajstić information content (AvgIpc) is 3.44. The van der Waals surface area contributed by atoms with E-state index in [9.17, 15) is 0 Å². The topological polar surface area (TPSA) is 34.3 Å². The molecule has 0 spiro atoms. The minimum atomic E-state index is -0.105. The van der Waals surface area contributed by atoms with E-state index >= 15 is 0 Å². The molecule has 5 heteroatoms. The molecule has 23 heavy (non-hydrogen) atoms. The molecule has 2 heterocycles. The Balaban J connectivity index is 1.65. The quantitative estimate of drug-likeness (QED) is 0.605. The fourth-order valence-electron chi connectivity index (χ4n) is 2.75. The molecule has 0 aromatic heterocycles. The van der Waals surface area contributed by atoms with Crippen LogP contribution < -0.4 is 0 Å². The highest BCUT2D eigenvalue weighted by Gasteiger charge is 2.43. The fourth-order valence-corrected chi connectivity index (χ4v) is 3.77. The Morgan fingerprint density at radius 1 is 0.783 bits per heavy atom. The van der Waals surface area contributed by atoms with Gasteiger partial charge in [-0.2, -0.15) is 0 Å². The lowest BCUT2D eigenvalue weighted by molar-refractivity contribution is -0.0425. The highest BCUT2D eigenvalue weighted by molar-refractivity contribution is 9.10. The second-order valence-electron chi connectivity index (χ2n) is 5.76. The molecule has 3 nitrogen and oxygen atoms in total. The molecule has 2 saturated heterocycles. The summed E-state index contributed by atoms with van der Waals surface area (Å²) in [6.45, 7) is 1.47. The van der Waals surface area contributed by atoms with Crippen LogP contribution in [-0.2, 0) is 14.2 Å². The van der Waals surface area contributed by atoms with Gasteiger partial charge in [0.05, 0.1) is 13.2 Å². The molecule has 2 fully saturated rings. The summed E-state index contributed by atoms with van der Waals surface area (Å²) in [6.07, 6.45) is 0.00800. The molecule has 0 amide bonds. The SMILES string of the molecule is Brc1ccccc1C(OC(c1ccccc1Br)C1CO1)C1CO1. The average molecular weight is 440 g/mol. The summed E-state index contributed by atoms with van der Waals surface area (Å²) < 4.78 is 19.7. The summed E-state index contributed by atoms with van der Waals surface area (Å²) in [5.74, 6) is 0. The minimum absolute atomic E-state index is 0.105. The van der Waals surface area contributed by atoms with Gasteiger partial charge in [-0.1, -0.05) is 68.3 Å². The molecule has 2 aliphatic rings. The maximum absolute atomic E-state index is 6.52. The van der Waals surface area contributed by atoms with Crippen LogP contribution in [0.25, 0.3) is 0 Å². The van der Waals surface area contributed by atoms with E-state index in [0.717, 1.165) is 33.3 Å². The molecule has 2 aromatic carbocycles. The summed E-state index contributed by atoms with van der Waals surface area (Å²) in [6, 6.07) is 16.3. The van der Waals surface area contributed by atoms with Crippen molar-refractivity contribution in [1.82, 2.24) is 0 Å². The predicted molar refractivity (Wildman–Crippen MR) is 94.3 cm³/mol. The van der Waals surface area contributed by atoms with Gasteiger partial charge in [-0.15, -0.1) is 0 Å². The zero-order valence-corrected chi connectivity index (χ0v) is 15.5. The zero-order valence-electron chi connectivity index (χ0n) is 12.3. The smallest absolute Gasteiger partial charge is 0.113 e. The summed E-state index contributed by atoms with van der Waals surface area (Å²) in [5.41, 5.74) is 2.24. The first-order valence-corrected chi connectivity index (χ1v) is 9.20. The van der Waals surface area contributed by atoms with Crippen molar-refractivity contribution in [3.05, 3.63) is 68.6 Å². The Labute approximate surface area is 152 Å². The van der Waals surface area contributed by atoms with E-state index in [2.05, 4.69) is 44.0 Å². The normalized spacial score (nSPS) is 25.0. The first-order valence-electron chi connectivity index (χ1n) is 7.61. The van der Waals surface area contributed by atoms with Gasteiger partial charge in [0.25, 0.3) is 0 Å². The van der Waals surface area contributed by atoms with Gasteiger partial charge < -0.3 is 14.2 Å². The van der Waals surface area contributed by atoms with Crippen LogP contribution in [0, 0.1) is 0 Å². The van der Waals surface area contributed by atoms with Crippen molar-refractivity contribution >= 4 is 31.9 Å². The van der Waals surface area contributed by atoms with Crippen molar-refractivity contribution in [3.63, 3.8) is 0 Å². The van der Waals surface area contributed by atoms with Crippen LogP contribution in [0.1, 0.15) is 23.3 Å². The second kappa shape index (κ2) is 6.65. The maximum Gasteiger partial charge on any atom is 0.113 e. The number of hydrogen-bond acceptors (Lipinski definition) is 3. The number of halogens is 2. The third-order valence-electron chi connectivity index (χ3n) is 4.11. The van der Waals surface area contributed by atoms with Gasteiger partial charge in [0.15, 0.2) is 0 Å². The molecule has 4 unspecified atom stereocenters. The lowest BCUT2D eigenvalue weighted by atomic mass is 10.0. The van der Waals surface area contributed by atoms with Gasteiger partial charge in [-0.05, 0) is 23.3 Å². The monoisotopic (exact) mass is 438 g/mol. The van der Waals surface area contributed by atoms with Crippen LogP contribution in [0.15, 0.2) is 57.5 Å². The Hall–Kier alpha value is -0.720. The van der Waals surface area contributed by atoms with Gasteiger partial charge >= 0.3 is 0 Å². The lowest BCUT2D eigenvalue weighted by Crippen LogP contribution is -2.19. The first kappa shape index (κ1) is 15.8. The van der Waals surface area contributed by atoms with Crippen LogP contribution >= 0.6 is 31.9 Å². The zero-order chi connectivity index (χ0) is 15.8. The molecule has 0 radical (unpaired) electrons. The van der Waals surface area contributed by atoms with Crippen molar-refractivity contribution in [3.8, 4) is 0 Å². The molecule has 4 atom stereocenters. The van der Waals surface area contributed by atoms with Gasteiger partial charge in [-0.25, -0.2) is 0 Å². The second-order valence-corrected chi connectivity index (χ2v) is 7.47. The van der Waals surface area contributed by atoms with Crippen LogP contribution in [0.4, 0.5) is 0 Å². The van der Waals surface area contributed by atoms with E-state index in [4.69, 9.17) is 14.2 Å². The largest absolute Gasteiger partial charge is 0.370 e. The van der Waals surface area contributed by atoms with E-state index in [1.54, 1.807) is 0 Å². The molecule has 120 valence electrons. The van der Waals surface area contributed by atoms with E-state index in [0.29, 0.717) is 0 Å². The Bertz CT molecular complexity index is 639. The number of ether oxygens (including phenoxy) is 3. The molecule has 0 bridgehead atoms. The van der Waals surface area contributed by atoms with Crippen molar-refractivity contribution < 1.29 is 14.2 Å². The summed E-state index contributed by atoms with van der Waals surface area (Å²) in [7, 11) is 0. The van der Waals surface area contributed by atoms with Gasteiger partial charge in [-0.3, -0.25) is 0 Å². The van der Waals surface area contributed by atoms with Crippen LogP contribution in [-0.4, -0.2) is 25.4 Å². The Morgan fingerprint density at radius 3 is 1.52 bits per heavy atom. The maximum atomic E-state index is 6.52. The van der Waals surface area contributed by atoms with Crippen molar-refractivity contribution in [2.45, 2.75) is 24.4 Å². The number of rotatable bonds is 6. The summed E-state index contributed by atoms with van der Waals surface area (Å²) in [4.78, 5) is 0. The van der Waals surface area contributed by atoms with E-state index < -0.39 is 0 Å². The van der Waals surface area contributed by atoms with Crippen LogP contribution in [0.5, 0.6) is 0 Å². The molecule has 0 aliphatic carbocycles. The van der Waals surface area contributed by atoms with Crippen molar-refractivity contribution in [2.24, 2.45) is 0 Å². The first-order chi connectivity index (χ1) is 11.2. The third kappa shape index (κ3) is 3.54. The van der Waals surface area contributed by atoms with Crippen molar-refractivity contribution in [2.75, 3.05) is 13.2 Å². The highest BCUT2D eigenvalue weighted by Crippen LogP contribution is 2.43. The van der Waals surface area contributed by atoms with E-state index in [1.807, 2.05) is 36.4 Å². The molecule has 2 aromatic rings. The Kier molecular flexibility index (Phi) is 4.56. The number of hydrogen-bond donors (Lipinski definition) is 0.